The molecule has 0 saturated heterocycles. The van der Waals surface area contributed by atoms with Crippen LogP contribution in [-0.2, 0) is 11.2 Å². The predicted molar refractivity (Wildman–Crippen MR) is 120 cm³/mol. The Morgan fingerprint density at radius 3 is 1.97 bits per heavy atom. The third-order valence-electron chi connectivity index (χ3n) is 5.33. The van der Waals surface area contributed by atoms with Gasteiger partial charge in [0.25, 0.3) is 11.8 Å². The van der Waals surface area contributed by atoms with Gasteiger partial charge in [0.05, 0.1) is 36.4 Å². The van der Waals surface area contributed by atoms with Crippen molar-refractivity contribution in [2.45, 2.75) is 27.2 Å². The number of anilines is 1. The van der Waals surface area contributed by atoms with E-state index in [-0.39, 0.29) is 17.5 Å². The zero-order chi connectivity index (χ0) is 23.0. The molecule has 7 heteroatoms. The summed E-state index contributed by atoms with van der Waals surface area (Å²) in [6.45, 7) is 6.25. The van der Waals surface area contributed by atoms with E-state index in [4.69, 9.17) is 14.6 Å². The topological polar surface area (TPSA) is 93.1 Å². The molecule has 4 rings (SSSR count). The number of carboxylic acid groups (broad SMARTS) is 1. The van der Waals surface area contributed by atoms with Crippen molar-refractivity contribution >= 4 is 34.2 Å². The maximum absolute atomic E-state index is 13.5. The normalized spacial score (nSPS) is 12.9. The highest BCUT2D eigenvalue weighted by Gasteiger charge is 2.43. The number of benzene rings is 3. The smallest absolute Gasteiger partial charge is 0.307 e. The number of rotatable bonds is 7. The monoisotopic (exact) mass is 433 g/mol. The number of ether oxygens (including phenoxy) is 2. The molecule has 2 amide bonds. The Kier molecular flexibility index (Phi) is 5.57. The average molecular weight is 433 g/mol. The van der Waals surface area contributed by atoms with Gasteiger partial charge < -0.3 is 14.6 Å². The Morgan fingerprint density at radius 1 is 0.875 bits per heavy atom. The molecular weight excluding hydrogens is 410 g/mol. The van der Waals surface area contributed by atoms with Crippen LogP contribution in [-0.4, -0.2) is 36.1 Å². The minimum atomic E-state index is -0.955. The number of hydrogen-bond acceptors (Lipinski definition) is 5. The van der Waals surface area contributed by atoms with Gasteiger partial charge in [0, 0.05) is 10.8 Å². The van der Waals surface area contributed by atoms with Crippen molar-refractivity contribution in [3.05, 3.63) is 64.7 Å². The highest BCUT2D eigenvalue weighted by molar-refractivity contribution is 6.38. The van der Waals surface area contributed by atoms with Crippen molar-refractivity contribution in [2.24, 2.45) is 0 Å². The first kappa shape index (κ1) is 21.4. The van der Waals surface area contributed by atoms with Gasteiger partial charge in [-0.05, 0) is 44.5 Å². The van der Waals surface area contributed by atoms with E-state index in [1.54, 1.807) is 24.3 Å². The van der Waals surface area contributed by atoms with Crippen LogP contribution in [0.1, 0.15) is 45.7 Å². The van der Waals surface area contributed by atoms with Gasteiger partial charge in [-0.25, -0.2) is 4.90 Å². The summed E-state index contributed by atoms with van der Waals surface area (Å²) < 4.78 is 11.8. The number of carboxylic acids is 1. The summed E-state index contributed by atoms with van der Waals surface area (Å²) in [7, 11) is 0. The van der Waals surface area contributed by atoms with Crippen LogP contribution in [0, 0.1) is 6.92 Å². The fourth-order valence-corrected chi connectivity index (χ4v) is 4.02. The predicted octanol–water partition coefficient (Wildman–Crippen LogP) is 4.37. The Bertz CT molecular complexity index is 1250. The van der Waals surface area contributed by atoms with Crippen LogP contribution in [0.2, 0.25) is 0 Å². The molecule has 7 nitrogen and oxygen atoms in total. The number of nitrogens with zero attached hydrogens (tertiary/aromatic N) is 1. The molecule has 1 heterocycles. The molecule has 3 aromatic rings. The fourth-order valence-electron chi connectivity index (χ4n) is 4.02. The maximum Gasteiger partial charge on any atom is 0.307 e. The minimum absolute atomic E-state index is 0.143. The summed E-state index contributed by atoms with van der Waals surface area (Å²) in [6.07, 6.45) is -0.143. The van der Waals surface area contributed by atoms with Crippen LogP contribution in [0.4, 0.5) is 5.69 Å². The van der Waals surface area contributed by atoms with Crippen LogP contribution in [0.5, 0.6) is 11.5 Å². The van der Waals surface area contributed by atoms with E-state index in [2.05, 4.69) is 0 Å². The number of carbonyl (C=O) groups is 3. The minimum Gasteiger partial charge on any atom is -0.492 e. The van der Waals surface area contributed by atoms with E-state index in [9.17, 15) is 14.4 Å². The standard InChI is InChI=1S/C25H23NO6/c1-4-31-22-17-11-6-14(3)12-18(17)23(32-5-2)21-20(22)24(29)26(25(21)30)16-9-7-15(8-10-16)13-19(27)28/h6-12H,4-5,13H2,1-3H3,(H,27,28). The molecule has 0 saturated carbocycles. The zero-order valence-corrected chi connectivity index (χ0v) is 18.1. The second-order valence-corrected chi connectivity index (χ2v) is 7.51. The molecule has 0 radical (unpaired) electrons. The summed E-state index contributed by atoms with van der Waals surface area (Å²) in [5, 5.41) is 10.4. The number of hydrogen-bond donors (Lipinski definition) is 1. The van der Waals surface area contributed by atoms with Crippen molar-refractivity contribution in [1.82, 2.24) is 0 Å². The number of imide groups is 1. The molecule has 0 fully saturated rings. The van der Waals surface area contributed by atoms with E-state index in [1.807, 2.05) is 39.0 Å². The van der Waals surface area contributed by atoms with Crippen molar-refractivity contribution in [1.29, 1.82) is 0 Å². The van der Waals surface area contributed by atoms with Crippen molar-refractivity contribution in [3.8, 4) is 11.5 Å². The molecule has 1 aliphatic heterocycles. The lowest BCUT2D eigenvalue weighted by Crippen LogP contribution is -2.29. The SMILES string of the molecule is CCOc1c2c(c(OCC)c3cc(C)ccc13)C(=O)N(c1ccc(CC(=O)O)cc1)C2=O. The maximum atomic E-state index is 13.5. The Morgan fingerprint density at radius 2 is 1.44 bits per heavy atom. The van der Waals surface area contributed by atoms with Gasteiger partial charge in [-0.15, -0.1) is 0 Å². The molecule has 1 aliphatic rings. The molecule has 1 N–H and O–H groups in total. The summed E-state index contributed by atoms with van der Waals surface area (Å²) in [5.74, 6) is -1.22. The fraction of sp³-hybridized carbons (Fsp3) is 0.240. The molecular formula is C25H23NO6. The van der Waals surface area contributed by atoms with Gasteiger partial charge in [-0.2, -0.15) is 0 Å². The van der Waals surface area contributed by atoms with Crippen molar-refractivity contribution in [3.63, 3.8) is 0 Å². The zero-order valence-electron chi connectivity index (χ0n) is 18.1. The largest absolute Gasteiger partial charge is 0.492 e. The van der Waals surface area contributed by atoms with E-state index >= 15 is 0 Å². The van der Waals surface area contributed by atoms with Crippen LogP contribution in [0.3, 0.4) is 0 Å². The first-order valence-electron chi connectivity index (χ1n) is 10.4. The van der Waals surface area contributed by atoms with Crippen molar-refractivity contribution in [2.75, 3.05) is 18.1 Å². The molecule has 0 spiro atoms. The van der Waals surface area contributed by atoms with Gasteiger partial charge in [-0.1, -0.05) is 29.8 Å². The summed E-state index contributed by atoms with van der Waals surface area (Å²) in [6, 6.07) is 12.1. The Labute approximate surface area is 185 Å². The van der Waals surface area contributed by atoms with Gasteiger partial charge in [0.1, 0.15) is 11.5 Å². The molecule has 0 aliphatic carbocycles. The highest BCUT2D eigenvalue weighted by atomic mass is 16.5. The molecule has 0 atom stereocenters. The van der Waals surface area contributed by atoms with Gasteiger partial charge in [-0.3, -0.25) is 14.4 Å². The average Bonchev–Trinajstić information content (AvgIpc) is 3.01. The molecule has 164 valence electrons. The third-order valence-corrected chi connectivity index (χ3v) is 5.33. The Balaban J connectivity index is 1.92. The number of aliphatic carboxylic acids is 1. The first-order valence-corrected chi connectivity index (χ1v) is 10.4. The Hall–Kier alpha value is -3.87. The number of fused-ring (bicyclic) bond motifs is 2. The van der Waals surface area contributed by atoms with E-state index in [0.717, 1.165) is 10.5 Å². The van der Waals surface area contributed by atoms with Crippen LogP contribution < -0.4 is 14.4 Å². The van der Waals surface area contributed by atoms with Gasteiger partial charge >= 0.3 is 5.97 Å². The molecule has 0 unspecified atom stereocenters. The van der Waals surface area contributed by atoms with Crippen LogP contribution in [0.15, 0.2) is 42.5 Å². The quantitative estimate of drug-likeness (QED) is 0.556. The number of aryl methyl sites for hydroxylation is 1. The van der Waals surface area contributed by atoms with E-state index in [1.165, 1.54) is 0 Å². The highest BCUT2D eigenvalue weighted by Crippen LogP contribution is 2.46. The molecule has 0 aromatic heterocycles. The lowest BCUT2D eigenvalue weighted by Gasteiger charge is -2.16. The van der Waals surface area contributed by atoms with Crippen LogP contribution in [0.25, 0.3) is 10.8 Å². The van der Waals surface area contributed by atoms with Crippen LogP contribution >= 0.6 is 0 Å². The third kappa shape index (κ3) is 3.45. The molecule has 0 bridgehead atoms. The van der Waals surface area contributed by atoms with Gasteiger partial charge in [0.2, 0.25) is 0 Å². The van der Waals surface area contributed by atoms with E-state index in [0.29, 0.717) is 46.7 Å². The summed E-state index contributed by atoms with van der Waals surface area (Å²) in [4.78, 5) is 39.1. The number of amides is 2. The van der Waals surface area contributed by atoms with E-state index < -0.39 is 17.8 Å². The lowest BCUT2D eigenvalue weighted by molar-refractivity contribution is -0.136. The number of carbonyl (C=O) groups excluding carboxylic acids is 2. The van der Waals surface area contributed by atoms with Crippen molar-refractivity contribution < 1.29 is 29.0 Å². The van der Waals surface area contributed by atoms with Gasteiger partial charge in [0.15, 0.2) is 0 Å². The first-order chi connectivity index (χ1) is 15.4. The summed E-state index contributed by atoms with van der Waals surface area (Å²) >= 11 is 0. The lowest BCUT2D eigenvalue weighted by atomic mass is 9.97. The second-order valence-electron chi connectivity index (χ2n) is 7.51. The molecule has 3 aromatic carbocycles. The molecule has 32 heavy (non-hydrogen) atoms. The second kappa shape index (κ2) is 8.34. The summed E-state index contributed by atoms with van der Waals surface area (Å²) in [5.41, 5.74) is 2.29.